The Morgan fingerprint density at radius 1 is 1.00 bits per heavy atom. The molecule has 4 rings (SSSR count). The highest BCUT2D eigenvalue weighted by Crippen LogP contribution is 2.30. The SMILES string of the molecule is COc1ccc(S(=O)(=O)Nc2ccc3c(c2)C(=O)N([C@@H](C)CO)C[C@@H](C)[C@H](CN(C)S(=O)(=O)c2ccc(C)cc2)OCCCC[C@H](C)O3)cc1. The molecule has 274 valence electrons. The van der Waals surface area contributed by atoms with E-state index in [0.717, 1.165) is 12.0 Å². The van der Waals surface area contributed by atoms with Crippen LogP contribution in [0.25, 0.3) is 0 Å². The largest absolute Gasteiger partial charge is 0.497 e. The average molecular weight is 732 g/mol. The van der Waals surface area contributed by atoms with Crippen molar-refractivity contribution in [2.45, 2.75) is 75.0 Å². The number of methoxy groups -OCH3 is 1. The second kappa shape index (κ2) is 17.0. The molecule has 0 saturated heterocycles. The van der Waals surface area contributed by atoms with Gasteiger partial charge in [0, 0.05) is 38.3 Å². The second-order valence-corrected chi connectivity index (χ2v) is 16.6. The number of benzene rings is 3. The number of fused-ring (bicyclic) bond motifs is 1. The Labute approximate surface area is 296 Å². The van der Waals surface area contributed by atoms with Crippen LogP contribution in [0.1, 0.15) is 56.0 Å². The highest BCUT2D eigenvalue weighted by atomic mass is 32.2. The Morgan fingerprint density at radius 3 is 2.30 bits per heavy atom. The number of hydrogen-bond donors (Lipinski definition) is 2. The van der Waals surface area contributed by atoms with Crippen molar-refractivity contribution >= 4 is 31.6 Å². The van der Waals surface area contributed by atoms with Crippen molar-refractivity contribution in [1.82, 2.24) is 9.21 Å². The minimum Gasteiger partial charge on any atom is -0.497 e. The van der Waals surface area contributed by atoms with Gasteiger partial charge in [0.1, 0.15) is 11.5 Å². The van der Waals surface area contributed by atoms with Crippen molar-refractivity contribution in [3.63, 3.8) is 0 Å². The van der Waals surface area contributed by atoms with Crippen LogP contribution in [0, 0.1) is 12.8 Å². The van der Waals surface area contributed by atoms with E-state index in [1.165, 1.54) is 41.6 Å². The lowest BCUT2D eigenvalue weighted by Gasteiger charge is -2.35. The molecule has 0 spiro atoms. The third-order valence-corrected chi connectivity index (χ3v) is 12.1. The molecule has 3 aromatic rings. The normalized spacial score (nSPS) is 20.4. The minimum absolute atomic E-state index is 0.0133. The first-order valence-electron chi connectivity index (χ1n) is 16.7. The predicted octanol–water partition coefficient (Wildman–Crippen LogP) is 4.92. The molecule has 1 heterocycles. The monoisotopic (exact) mass is 731 g/mol. The van der Waals surface area contributed by atoms with Crippen molar-refractivity contribution in [1.29, 1.82) is 0 Å². The van der Waals surface area contributed by atoms with Crippen LogP contribution in [-0.2, 0) is 24.8 Å². The molecule has 14 heteroatoms. The van der Waals surface area contributed by atoms with Gasteiger partial charge in [0.2, 0.25) is 10.0 Å². The number of carbonyl (C=O) groups excluding carboxylic acids is 1. The lowest BCUT2D eigenvalue weighted by Crippen LogP contribution is -2.48. The number of likely N-dealkylation sites (N-methyl/N-ethyl adjacent to an activating group) is 1. The topological polar surface area (TPSA) is 152 Å². The minimum atomic E-state index is -4.02. The van der Waals surface area contributed by atoms with E-state index in [0.29, 0.717) is 25.2 Å². The first-order chi connectivity index (χ1) is 23.7. The van der Waals surface area contributed by atoms with E-state index in [9.17, 15) is 26.7 Å². The molecule has 4 atom stereocenters. The van der Waals surface area contributed by atoms with Crippen LogP contribution in [0.3, 0.4) is 0 Å². The van der Waals surface area contributed by atoms with Gasteiger partial charge in [-0.3, -0.25) is 9.52 Å². The fraction of sp³-hybridized carbons (Fsp3) is 0.472. The van der Waals surface area contributed by atoms with E-state index in [4.69, 9.17) is 14.2 Å². The summed E-state index contributed by atoms with van der Waals surface area (Å²) < 4.78 is 75.0. The van der Waals surface area contributed by atoms with Crippen molar-refractivity contribution in [3.05, 3.63) is 77.9 Å². The molecule has 0 bridgehead atoms. The number of anilines is 1. The van der Waals surface area contributed by atoms with E-state index in [-0.39, 0.29) is 58.5 Å². The highest BCUT2D eigenvalue weighted by Gasteiger charge is 2.32. The number of ether oxygens (including phenoxy) is 3. The number of aliphatic hydroxyl groups excluding tert-OH is 1. The summed E-state index contributed by atoms with van der Waals surface area (Å²) in [6.45, 7) is 7.56. The number of carbonyl (C=O) groups is 1. The van der Waals surface area contributed by atoms with Gasteiger partial charge in [0.25, 0.3) is 15.9 Å². The maximum atomic E-state index is 14.4. The van der Waals surface area contributed by atoms with Crippen molar-refractivity contribution in [2.24, 2.45) is 5.92 Å². The zero-order chi connectivity index (χ0) is 36.6. The zero-order valence-corrected chi connectivity index (χ0v) is 31.2. The molecule has 0 saturated carbocycles. The molecular weight excluding hydrogens is 683 g/mol. The molecule has 0 aliphatic carbocycles. The number of nitrogens with zero attached hydrogens (tertiary/aromatic N) is 2. The quantitative estimate of drug-likeness (QED) is 0.296. The molecule has 0 fully saturated rings. The van der Waals surface area contributed by atoms with Gasteiger partial charge in [0.05, 0.1) is 47.3 Å². The van der Waals surface area contributed by atoms with Gasteiger partial charge in [-0.25, -0.2) is 16.8 Å². The van der Waals surface area contributed by atoms with E-state index in [1.807, 2.05) is 20.8 Å². The molecule has 1 aliphatic heterocycles. The first kappa shape index (κ1) is 39.1. The summed E-state index contributed by atoms with van der Waals surface area (Å²) >= 11 is 0. The Morgan fingerprint density at radius 2 is 1.66 bits per heavy atom. The number of rotatable bonds is 10. The summed E-state index contributed by atoms with van der Waals surface area (Å²) in [6, 6.07) is 16.5. The van der Waals surface area contributed by atoms with Crippen LogP contribution in [0.4, 0.5) is 5.69 Å². The third-order valence-electron chi connectivity index (χ3n) is 8.84. The van der Waals surface area contributed by atoms with Crippen LogP contribution in [-0.4, -0.2) is 95.8 Å². The summed E-state index contributed by atoms with van der Waals surface area (Å²) in [4.78, 5) is 16.1. The number of nitrogens with one attached hydrogen (secondary N) is 1. The van der Waals surface area contributed by atoms with E-state index < -0.39 is 38.1 Å². The van der Waals surface area contributed by atoms with Gasteiger partial charge in [-0.1, -0.05) is 24.6 Å². The fourth-order valence-corrected chi connectivity index (χ4v) is 7.89. The van der Waals surface area contributed by atoms with Crippen LogP contribution in [0.5, 0.6) is 11.5 Å². The van der Waals surface area contributed by atoms with Crippen LogP contribution in [0.2, 0.25) is 0 Å². The molecule has 50 heavy (non-hydrogen) atoms. The highest BCUT2D eigenvalue weighted by molar-refractivity contribution is 7.92. The van der Waals surface area contributed by atoms with Gasteiger partial charge in [-0.15, -0.1) is 0 Å². The lowest BCUT2D eigenvalue weighted by atomic mass is 10.0. The number of sulfonamides is 2. The number of aryl methyl sites for hydroxylation is 1. The number of aliphatic hydroxyl groups is 1. The predicted molar refractivity (Wildman–Crippen MR) is 192 cm³/mol. The maximum absolute atomic E-state index is 14.4. The van der Waals surface area contributed by atoms with Gasteiger partial charge < -0.3 is 24.2 Å². The molecule has 0 radical (unpaired) electrons. The molecule has 0 unspecified atom stereocenters. The molecule has 12 nitrogen and oxygen atoms in total. The maximum Gasteiger partial charge on any atom is 0.261 e. The van der Waals surface area contributed by atoms with E-state index in [2.05, 4.69) is 4.72 Å². The standard InChI is InChI=1S/C36H49N3O9S2/c1-25-10-15-32(16-11-25)50(44,45)38(5)23-35-26(2)22-39(27(3)24-40)36(41)33-21-29(12-19-34(33)48-28(4)9-7-8-20-47-35)37-49(42,43)31-17-13-30(46-6)14-18-31/h10-19,21,26-28,35,37,40H,7-9,20,22-24H2,1-6H3/t26-,27+,28+,35+/m1/s1. The van der Waals surface area contributed by atoms with E-state index >= 15 is 0 Å². The summed E-state index contributed by atoms with van der Waals surface area (Å²) in [6.07, 6.45) is 1.26. The molecule has 2 N–H and O–H groups in total. The lowest BCUT2D eigenvalue weighted by molar-refractivity contribution is -0.00833. The van der Waals surface area contributed by atoms with Crippen LogP contribution >= 0.6 is 0 Å². The number of amides is 1. The van der Waals surface area contributed by atoms with Gasteiger partial charge in [-0.05, 0) is 94.6 Å². The molecule has 0 aromatic heterocycles. The van der Waals surface area contributed by atoms with E-state index in [1.54, 1.807) is 55.5 Å². The summed E-state index contributed by atoms with van der Waals surface area (Å²) in [5, 5.41) is 10.2. The molecular formula is C36H49N3O9S2. The zero-order valence-electron chi connectivity index (χ0n) is 29.5. The summed E-state index contributed by atoms with van der Waals surface area (Å²) in [5.41, 5.74) is 1.22. The number of hydrogen-bond acceptors (Lipinski definition) is 9. The Hall–Kier alpha value is -3.69. The average Bonchev–Trinajstić information content (AvgIpc) is 3.09. The Balaban J connectivity index is 1.67. The van der Waals surface area contributed by atoms with Crippen LogP contribution in [0.15, 0.2) is 76.5 Å². The van der Waals surface area contributed by atoms with Crippen molar-refractivity contribution in [2.75, 3.05) is 45.2 Å². The van der Waals surface area contributed by atoms with Gasteiger partial charge in [-0.2, -0.15) is 4.31 Å². The molecule has 1 aliphatic rings. The summed E-state index contributed by atoms with van der Waals surface area (Å²) in [5.74, 6) is -0.0627. The first-order valence-corrected chi connectivity index (χ1v) is 19.6. The van der Waals surface area contributed by atoms with Crippen molar-refractivity contribution < 1.29 is 40.9 Å². The molecule has 1 amide bonds. The van der Waals surface area contributed by atoms with Gasteiger partial charge >= 0.3 is 0 Å². The third kappa shape index (κ3) is 9.75. The summed E-state index contributed by atoms with van der Waals surface area (Å²) in [7, 11) is -4.84. The van der Waals surface area contributed by atoms with Gasteiger partial charge in [0.15, 0.2) is 0 Å². The van der Waals surface area contributed by atoms with Crippen molar-refractivity contribution in [3.8, 4) is 11.5 Å². The molecule has 3 aromatic carbocycles. The second-order valence-electron chi connectivity index (χ2n) is 12.9. The van der Waals surface area contributed by atoms with Crippen LogP contribution < -0.4 is 14.2 Å². The Bertz CT molecular complexity index is 1800. The Kier molecular flexibility index (Phi) is 13.3. The fourth-order valence-electron chi connectivity index (χ4n) is 5.66. The smallest absolute Gasteiger partial charge is 0.261 e.